The smallest absolute Gasteiger partial charge is 0.334 e. The van der Waals surface area contributed by atoms with Crippen molar-refractivity contribution < 1.29 is 9.53 Å². The van der Waals surface area contributed by atoms with Crippen LogP contribution in [-0.4, -0.2) is 12.6 Å². The number of benzene rings is 1. The van der Waals surface area contributed by atoms with Crippen LogP contribution in [0.3, 0.4) is 0 Å². The maximum atomic E-state index is 11.1. The van der Waals surface area contributed by atoms with Gasteiger partial charge >= 0.3 is 5.97 Å². The highest BCUT2D eigenvalue weighted by atomic mass is 16.5. The number of rotatable bonds is 4. The van der Waals surface area contributed by atoms with Gasteiger partial charge in [-0.25, -0.2) is 4.79 Å². The zero-order valence-corrected chi connectivity index (χ0v) is 9.49. The van der Waals surface area contributed by atoms with Crippen molar-refractivity contribution >= 4 is 11.7 Å². The molecule has 4 nitrogen and oxygen atoms in total. The van der Waals surface area contributed by atoms with E-state index in [1.165, 1.54) is 11.6 Å². The summed E-state index contributed by atoms with van der Waals surface area (Å²) in [4.78, 5) is 11.1. The van der Waals surface area contributed by atoms with Crippen molar-refractivity contribution in [1.82, 2.24) is 0 Å². The van der Waals surface area contributed by atoms with E-state index in [1.807, 2.05) is 31.2 Å². The normalized spacial score (nSPS) is 11.0. The summed E-state index contributed by atoms with van der Waals surface area (Å²) in [6.07, 6.45) is 1.23. The molecular weight excluding hydrogens is 204 g/mol. The molecule has 0 heterocycles. The van der Waals surface area contributed by atoms with Crippen LogP contribution in [0.5, 0.6) is 0 Å². The summed E-state index contributed by atoms with van der Waals surface area (Å²) in [6, 6.07) is 7.70. The monoisotopic (exact) mass is 220 g/mol. The lowest BCUT2D eigenvalue weighted by molar-refractivity contribution is -0.137. The zero-order valence-electron chi connectivity index (χ0n) is 9.49. The van der Waals surface area contributed by atoms with Crippen LogP contribution in [0.25, 0.3) is 0 Å². The minimum Gasteiger partial charge on any atom is -0.463 e. The molecule has 0 unspecified atom stereocenters. The topological polar surface area (TPSA) is 64.3 Å². The molecule has 1 aromatic carbocycles. The van der Waals surface area contributed by atoms with Crippen molar-refractivity contribution in [3.8, 4) is 0 Å². The van der Waals surface area contributed by atoms with Gasteiger partial charge in [0.05, 0.1) is 12.7 Å². The van der Waals surface area contributed by atoms with Gasteiger partial charge in [-0.2, -0.15) is 0 Å². The fraction of sp³-hybridized carbons (Fsp3) is 0.250. The Balaban J connectivity index is 2.60. The molecule has 4 heteroatoms. The maximum Gasteiger partial charge on any atom is 0.334 e. The summed E-state index contributed by atoms with van der Waals surface area (Å²) in [5, 5.41) is 2.90. The first-order valence-electron chi connectivity index (χ1n) is 5.09. The lowest BCUT2D eigenvalue weighted by Crippen LogP contribution is -2.12. The average Bonchev–Trinajstić information content (AvgIpc) is 2.21. The van der Waals surface area contributed by atoms with Gasteiger partial charge in [0.15, 0.2) is 0 Å². The van der Waals surface area contributed by atoms with Crippen LogP contribution >= 0.6 is 0 Å². The standard InChI is InChI=1S/C12H16N2O2/c1-3-16-12(15)8-11(13)14-10-6-4-9(2)5-7-10/h4-8,14H,3,13H2,1-2H3/b11-8-. The number of esters is 1. The molecule has 0 atom stereocenters. The highest BCUT2D eigenvalue weighted by molar-refractivity contribution is 5.83. The number of carbonyl (C=O) groups is 1. The number of ether oxygens (including phenoxy) is 1. The Kier molecular flexibility index (Phi) is 4.39. The molecule has 0 radical (unpaired) electrons. The molecule has 1 aromatic rings. The molecule has 0 aliphatic rings. The van der Waals surface area contributed by atoms with Crippen molar-refractivity contribution in [3.63, 3.8) is 0 Å². The highest BCUT2D eigenvalue weighted by Crippen LogP contribution is 2.09. The Labute approximate surface area is 95.1 Å². The molecule has 0 saturated carbocycles. The lowest BCUT2D eigenvalue weighted by Gasteiger charge is -2.06. The van der Waals surface area contributed by atoms with Crippen LogP contribution in [0, 0.1) is 6.92 Å². The highest BCUT2D eigenvalue weighted by Gasteiger charge is 1.99. The predicted octanol–water partition coefficient (Wildman–Crippen LogP) is 1.77. The van der Waals surface area contributed by atoms with Crippen LogP contribution in [0.15, 0.2) is 36.2 Å². The van der Waals surface area contributed by atoms with Crippen LogP contribution in [0.4, 0.5) is 5.69 Å². The van der Waals surface area contributed by atoms with Gasteiger partial charge in [0.2, 0.25) is 0 Å². The largest absolute Gasteiger partial charge is 0.463 e. The molecule has 0 aliphatic heterocycles. The lowest BCUT2D eigenvalue weighted by atomic mass is 10.2. The number of nitrogens with two attached hydrogens (primary N) is 1. The second-order valence-corrected chi connectivity index (χ2v) is 3.34. The molecule has 0 spiro atoms. The summed E-state index contributed by atoms with van der Waals surface area (Å²) in [5.74, 6) is -0.179. The van der Waals surface area contributed by atoms with E-state index < -0.39 is 5.97 Å². The Morgan fingerprint density at radius 2 is 2.06 bits per heavy atom. The molecule has 0 amide bonds. The van der Waals surface area contributed by atoms with E-state index in [4.69, 9.17) is 10.5 Å². The van der Waals surface area contributed by atoms with E-state index in [0.29, 0.717) is 6.61 Å². The summed E-state index contributed by atoms with van der Waals surface area (Å²) in [6.45, 7) is 4.09. The van der Waals surface area contributed by atoms with E-state index in [-0.39, 0.29) is 5.82 Å². The van der Waals surface area contributed by atoms with E-state index >= 15 is 0 Å². The Morgan fingerprint density at radius 3 is 2.62 bits per heavy atom. The van der Waals surface area contributed by atoms with Gasteiger partial charge in [0.25, 0.3) is 0 Å². The van der Waals surface area contributed by atoms with Crippen molar-refractivity contribution in [2.45, 2.75) is 13.8 Å². The summed E-state index contributed by atoms with van der Waals surface area (Å²) in [5.41, 5.74) is 7.63. The van der Waals surface area contributed by atoms with Gasteiger partial charge < -0.3 is 15.8 Å². The van der Waals surface area contributed by atoms with Crippen molar-refractivity contribution in [1.29, 1.82) is 0 Å². The van der Waals surface area contributed by atoms with Gasteiger partial charge in [-0.3, -0.25) is 0 Å². The Bertz CT molecular complexity index is 383. The number of aryl methyl sites for hydroxylation is 1. The van der Waals surface area contributed by atoms with Crippen molar-refractivity contribution in [2.75, 3.05) is 11.9 Å². The summed E-state index contributed by atoms with van der Waals surface area (Å²) >= 11 is 0. The summed E-state index contributed by atoms with van der Waals surface area (Å²) < 4.78 is 4.73. The quantitative estimate of drug-likeness (QED) is 0.599. The van der Waals surface area contributed by atoms with Gasteiger partial charge in [-0.05, 0) is 26.0 Å². The van der Waals surface area contributed by atoms with E-state index in [9.17, 15) is 4.79 Å². The fourth-order valence-electron chi connectivity index (χ4n) is 1.15. The number of anilines is 1. The van der Waals surface area contributed by atoms with E-state index in [2.05, 4.69) is 5.32 Å². The number of hydrogen-bond acceptors (Lipinski definition) is 4. The number of carbonyl (C=O) groups excluding carboxylic acids is 1. The van der Waals surface area contributed by atoms with Gasteiger partial charge in [0, 0.05) is 5.69 Å². The molecule has 0 fully saturated rings. The molecule has 0 aromatic heterocycles. The van der Waals surface area contributed by atoms with Crippen molar-refractivity contribution in [2.24, 2.45) is 5.73 Å². The fourth-order valence-corrected chi connectivity index (χ4v) is 1.15. The average molecular weight is 220 g/mol. The Hall–Kier alpha value is -1.97. The minimum atomic E-state index is -0.445. The molecule has 3 N–H and O–H groups in total. The predicted molar refractivity (Wildman–Crippen MR) is 63.7 cm³/mol. The van der Waals surface area contributed by atoms with Crippen LogP contribution < -0.4 is 11.1 Å². The first-order chi connectivity index (χ1) is 7.61. The number of nitrogens with one attached hydrogen (secondary N) is 1. The molecule has 1 rings (SSSR count). The third kappa shape index (κ3) is 4.04. The first-order valence-corrected chi connectivity index (χ1v) is 5.09. The second-order valence-electron chi connectivity index (χ2n) is 3.34. The zero-order chi connectivity index (χ0) is 12.0. The molecule has 86 valence electrons. The summed E-state index contributed by atoms with van der Waals surface area (Å²) in [7, 11) is 0. The van der Waals surface area contributed by atoms with E-state index in [0.717, 1.165) is 5.69 Å². The molecule has 0 saturated heterocycles. The molecule has 16 heavy (non-hydrogen) atoms. The van der Waals surface area contributed by atoms with Crippen LogP contribution in [0.1, 0.15) is 12.5 Å². The van der Waals surface area contributed by atoms with Gasteiger partial charge in [-0.15, -0.1) is 0 Å². The van der Waals surface area contributed by atoms with Crippen LogP contribution in [-0.2, 0) is 9.53 Å². The second kappa shape index (κ2) is 5.80. The Morgan fingerprint density at radius 1 is 1.44 bits per heavy atom. The first kappa shape index (κ1) is 12.1. The van der Waals surface area contributed by atoms with Gasteiger partial charge in [0.1, 0.15) is 5.82 Å². The van der Waals surface area contributed by atoms with E-state index in [1.54, 1.807) is 6.92 Å². The molecule has 0 aliphatic carbocycles. The maximum absolute atomic E-state index is 11.1. The SMILES string of the molecule is CCOC(=O)/C=C(/N)Nc1ccc(C)cc1. The van der Waals surface area contributed by atoms with Crippen LogP contribution in [0.2, 0.25) is 0 Å². The third-order valence-corrected chi connectivity index (χ3v) is 1.90. The molecule has 0 bridgehead atoms. The minimum absolute atomic E-state index is 0.266. The van der Waals surface area contributed by atoms with Crippen molar-refractivity contribution in [3.05, 3.63) is 41.7 Å². The van der Waals surface area contributed by atoms with Gasteiger partial charge in [-0.1, -0.05) is 17.7 Å². The number of hydrogen-bond donors (Lipinski definition) is 2. The third-order valence-electron chi connectivity index (χ3n) is 1.90. The molecular formula is C12H16N2O2.